The molecule has 0 saturated carbocycles. The zero-order chi connectivity index (χ0) is 21.5. The molecule has 0 aliphatic rings. The lowest BCUT2D eigenvalue weighted by Crippen LogP contribution is -1.99. The van der Waals surface area contributed by atoms with Crippen LogP contribution in [-0.4, -0.2) is 29.9 Å². The van der Waals surface area contributed by atoms with E-state index in [1.54, 1.807) is 31.3 Å². The lowest BCUT2D eigenvalue weighted by atomic mass is 10.2. The Morgan fingerprint density at radius 2 is 1.90 bits per heavy atom. The minimum Gasteiger partial charge on any atom is -0.454 e. The third-order valence-corrected chi connectivity index (χ3v) is 4.98. The van der Waals surface area contributed by atoms with Gasteiger partial charge < -0.3 is 10.1 Å². The highest BCUT2D eigenvalue weighted by Crippen LogP contribution is 2.32. The van der Waals surface area contributed by atoms with Crippen molar-refractivity contribution in [2.24, 2.45) is 7.05 Å². The first-order valence-corrected chi connectivity index (χ1v) is 9.67. The van der Waals surface area contributed by atoms with Crippen LogP contribution in [0.1, 0.15) is 5.56 Å². The zero-order valence-electron chi connectivity index (χ0n) is 16.5. The first kappa shape index (κ1) is 19.1. The lowest BCUT2D eigenvalue weighted by Gasteiger charge is -2.12. The van der Waals surface area contributed by atoms with Crippen molar-refractivity contribution in [3.8, 4) is 11.5 Å². The number of anilines is 2. The molecule has 0 aliphatic carbocycles. The van der Waals surface area contributed by atoms with Crippen LogP contribution in [0.4, 0.5) is 15.9 Å². The maximum atomic E-state index is 14.5. The van der Waals surface area contributed by atoms with Gasteiger partial charge in [0, 0.05) is 24.9 Å². The van der Waals surface area contributed by atoms with Gasteiger partial charge in [-0.15, -0.1) is 5.10 Å². The fourth-order valence-electron chi connectivity index (χ4n) is 3.22. The molecule has 8 nitrogen and oxygen atoms in total. The SMILES string of the molecule is Cc1cc(Nc2ncnc3ccc(Cl)nc23)ccc1Oc1cc2nnn(C)c2cc1F. The van der Waals surface area contributed by atoms with Crippen LogP contribution in [0.3, 0.4) is 0 Å². The van der Waals surface area contributed by atoms with E-state index >= 15 is 0 Å². The van der Waals surface area contributed by atoms with Gasteiger partial charge in [-0.25, -0.2) is 24.0 Å². The number of nitrogens with zero attached hydrogens (tertiary/aromatic N) is 6. The predicted octanol–water partition coefficient (Wildman–Crippen LogP) is 4.94. The van der Waals surface area contributed by atoms with E-state index in [0.717, 1.165) is 11.3 Å². The van der Waals surface area contributed by atoms with E-state index in [0.29, 0.717) is 38.8 Å². The van der Waals surface area contributed by atoms with E-state index in [1.165, 1.54) is 23.1 Å². The van der Waals surface area contributed by atoms with Gasteiger partial charge in [0.2, 0.25) is 0 Å². The number of pyridine rings is 1. The Bertz CT molecular complexity index is 1450. The van der Waals surface area contributed by atoms with Crippen LogP contribution in [-0.2, 0) is 7.05 Å². The molecule has 154 valence electrons. The maximum Gasteiger partial charge on any atom is 0.168 e. The van der Waals surface area contributed by atoms with Crippen molar-refractivity contribution in [2.75, 3.05) is 5.32 Å². The number of rotatable bonds is 4. The van der Waals surface area contributed by atoms with Crippen molar-refractivity contribution in [1.82, 2.24) is 29.9 Å². The largest absolute Gasteiger partial charge is 0.454 e. The summed E-state index contributed by atoms with van der Waals surface area (Å²) in [5.41, 5.74) is 3.94. The number of aryl methyl sites for hydroxylation is 2. The molecule has 0 bridgehead atoms. The van der Waals surface area contributed by atoms with Crippen molar-refractivity contribution in [3.63, 3.8) is 0 Å². The first-order chi connectivity index (χ1) is 15.0. The molecular weight excluding hydrogens is 421 g/mol. The molecule has 3 heterocycles. The van der Waals surface area contributed by atoms with Crippen molar-refractivity contribution >= 4 is 45.2 Å². The van der Waals surface area contributed by atoms with Crippen LogP contribution in [0, 0.1) is 12.7 Å². The van der Waals surface area contributed by atoms with E-state index in [-0.39, 0.29) is 5.75 Å². The molecule has 0 fully saturated rings. The van der Waals surface area contributed by atoms with Gasteiger partial charge in [-0.3, -0.25) is 0 Å². The molecule has 5 aromatic rings. The second kappa shape index (κ2) is 7.44. The van der Waals surface area contributed by atoms with Gasteiger partial charge in [0.15, 0.2) is 17.4 Å². The van der Waals surface area contributed by atoms with Crippen molar-refractivity contribution in [2.45, 2.75) is 6.92 Å². The second-order valence-corrected chi connectivity index (χ2v) is 7.30. The molecule has 0 amide bonds. The van der Waals surface area contributed by atoms with Gasteiger partial charge in [-0.05, 0) is 42.8 Å². The zero-order valence-corrected chi connectivity index (χ0v) is 17.2. The summed E-state index contributed by atoms with van der Waals surface area (Å²) in [5.74, 6) is 0.633. The molecule has 31 heavy (non-hydrogen) atoms. The highest BCUT2D eigenvalue weighted by atomic mass is 35.5. The fourth-order valence-corrected chi connectivity index (χ4v) is 3.37. The highest BCUT2D eigenvalue weighted by Gasteiger charge is 2.13. The summed E-state index contributed by atoms with van der Waals surface area (Å²) in [7, 11) is 1.70. The van der Waals surface area contributed by atoms with Crippen LogP contribution >= 0.6 is 11.6 Å². The van der Waals surface area contributed by atoms with Gasteiger partial charge in [0.1, 0.15) is 28.3 Å². The summed E-state index contributed by atoms with van der Waals surface area (Å²) in [6.07, 6.45) is 1.45. The fraction of sp³-hybridized carbons (Fsp3) is 0.0952. The Labute approximate surface area is 180 Å². The Hall–Kier alpha value is -3.85. The molecule has 0 spiro atoms. The summed E-state index contributed by atoms with van der Waals surface area (Å²) in [6, 6.07) is 11.8. The molecule has 3 aromatic heterocycles. The van der Waals surface area contributed by atoms with E-state index in [2.05, 4.69) is 30.6 Å². The number of ether oxygens (including phenoxy) is 1. The predicted molar refractivity (Wildman–Crippen MR) is 115 cm³/mol. The second-order valence-electron chi connectivity index (χ2n) is 6.92. The molecule has 10 heteroatoms. The Morgan fingerprint density at radius 1 is 1.03 bits per heavy atom. The van der Waals surface area contributed by atoms with Crippen LogP contribution in [0.15, 0.2) is 48.8 Å². The van der Waals surface area contributed by atoms with Crippen molar-refractivity contribution in [1.29, 1.82) is 0 Å². The molecule has 2 aromatic carbocycles. The molecule has 0 radical (unpaired) electrons. The monoisotopic (exact) mass is 435 g/mol. The molecule has 0 unspecified atom stereocenters. The molecule has 5 rings (SSSR count). The molecule has 0 aliphatic heterocycles. The Balaban J connectivity index is 1.43. The number of fused-ring (bicyclic) bond motifs is 2. The van der Waals surface area contributed by atoms with Crippen LogP contribution in [0.5, 0.6) is 11.5 Å². The first-order valence-electron chi connectivity index (χ1n) is 9.29. The smallest absolute Gasteiger partial charge is 0.168 e. The van der Waals surface area contributed by atoms with Crippen molar-refractivity contribution < 1.29 is 9.13 Å². The van der Waals surface area contributed by atoms with Gasteiger partial charge in [0.25, 0.3) is 0 Å². The molecule has 1 N–H and O–H groups in total. The van der Waals surface area contributed by atoms with E-state index in [4.69, 9.17) is 16.3 Å². The standard InChI is InChI=1S/C21H15ClFN7O/c1-11-7-12(26-21-20-14(24-10-25-21)4-6-19(22)27-20)3-5-17(11)31-18-9-15-16(8-13(18)23)30(2)29-28-15/h3-10H,1-2H3,(H,24,25,26). The number of aromatic nitrogens is 6. The Kier molecular flexibility index (Phi) is 4.59. The van der Waals surface area contributed by atoms with Gasteiger partial charge in [-0.1, -0.05) is 16.8 Å². The van der Waals surface area contributed by atoms with Gasteiger partial charge in [0.05, 0.1) is 11.0 Å². The molecule has 0 atom stereocenters. The van der Waals surface area contributed by atoms with Crippen LogP contribution < -0.4 is 10.1 Å². The molecular formula is C21H15ClFN7O. The summed E-state index contributed by atoms with van der Waals surface area (Å²) >= 11 is 6.02. The van der Waals surface area contributed by atoms with Crippen LogP contribution in [0.2, 0.25) is 5.15 Å². The quantitative estimate of drug-likeness (QED) is 0.399. The summed E-state index contributed by atoms with van der Waals surface area (Å²) in [5, 5.41) is 11.5. The Morgan fingerprint density at radius 3 is 2.74 bits per heavy atom. The maximum absolute atomic E-state index is 14.5. The number of hydrogen-bond acceptors (Lipinski definition) is 7. The third-order valence-electron chi connectivity index (χ3n) is 4.77. The average Bonchev–Trinajstić information content (AvgIpc) is 3.10. The average molecular weight is 436 g/mol. The number of benzene rings is 2. The molecule has 0 saturated heterocycles. The van der Waals surface area contributed by atoms with Gasteiger partial charge in [-0.2, -0.15) is 0 Å². The topological polar surface area (TPSA) is 90.6 Å². The van der Waals surface area contributed by atoms with Crippen molar-refractivity contribution in [3.05, 3.63) is 65.3 Å². The van der Waals surface area contributed by atoms with Gasteiger partial charge >= 0.3 is 0 Å². The van der Waals surface area contributed by atoms with E-state index in [1.807, 2.05) is 13.0 Å². The summed E-state index contributed by atoms with van der Waals surface area (Å²) in [4.78, 5) is 12.8. The van der Waals surface area contributed by atoms with E-state index in [9.17, 15) is 4.39 Å². The normalized spacial score (nSPS) is 11.2. The minimum atomic E-state index is -0.491. The minimum absolute atomic E-state index is 0.0810. The van der Waals surface area contributed by atoms with E-state index < -0.39 is 5.82 Å². The number of hydrogen-bond donors (Lipinski definition) is 1. The highest BCUT2D eigenvalue weighted by molar-refractivity contribution is 6.29. The summed E-state index contributed by atoms with van der Waals surface area (Å²) in [6.45, 7) is 1.87. The number of halogens is 2. The number of nitrogens with one attached hydrogen (secondary N) is 1. The third kappa shape index (κ3) is 3.59. The summed E-state index contributed by atoms with van der Waals surface area (Å²) < 4.78 is 21.8. The van der Waals surface area contributed by atoms with Crippen LogP contribution in [0.25, 0.3) is 22.1 Å². The lowest BCUT2D eigenvalue weighted by molar-refractivity contribution is 0.440.